The number of rotatable bonds is 11. The molecule has 1 heterocycles. The molecule has 0 saturated carbocycles. The molecule has 1 N–H and O–H groups in total. The lowest BCUT2D eigenvalue weighted by Gasteiger charge is -2.38. The van der Waals surface area contributed by atoms with Crippen LogP contribution in [0.4, 0.5) is 0 Å². The first-order chi connectivity index (χ1) is 13.3. The largest absolute Gasteiger partial charge is 0.359 e. The fourth-order valence-corrected chi connectivity index (χ4v) is 3.31. The molecule has 1 amide bonds. The lowest BCUT2D eigenvalue weighted by Crippen LogP contribution is -2.59. The highest BCUT2D eigenvalue weighted by Gasteiger charge is 2.34. The van der Waals surface area contributed by atoms with Crippen LogP contribution < -0.4 is 5.32 Å². The molecule has 0 aromatic heterocycles. The van der Waals surface area contributed by atoms with Gasteiger partial charge in [0.05, 0.1) is 13.2 Å². The average molecular weight is 435 g/mol. The molecule has 1 aliphatic rings. The summed E-state index contributed by atoms with van der Waals surface area (Å²) in [6.07, 6.45) is 6.16. The van der Waals surface area contributed by atoms with E-state index in [2.05, 4.69) is 38.2 Å². The smallest absolute Gasteiger partial charge is 0.267 e. The summed E-state index contributed by atoms with van der Waals surface area (Å²) in [4.78, 5) is 14.6. The van der Waals surface area contributed by atoms with Crippen LogP contribution in [0.2, 0.25) is 0 Å². The van der Waals surface area contributed by atoms with Gasteiger partial charge in [0.15, 0.2) is 6.23 Å². The minimum Gasteiger partial charge on any atom is -0.359 e. The fourth-order valence-electron chi connectivity index (χ4n) is 3.02. The van der Waals surface area contributed by atoms with E-state index in [1.165, 1.54) is 11.1 Å². The summed E-state index contributed by atoms with van der Waals surface area (Å²) in [5.74, 6) is 0.537. The highest BCUT2D eigenvalue weighted by atomic mass is 35.5. The molecule has 5 nitrogen and oxygen atoms in total. The average Bonchev–Trinajstić information content (AvgIpc) is 2.67. The second-order valence-electron chi connectivity index (χ2n) is 7.65. The van der Waals surface area contributed by atoms with Crippen LogP contribution in [-0.2, 0) is 14.3 Å². The predicted octanol–water partition coefficient (Wildman–Crippen LogP) is 4.44. The summed E-state index contributed by atoms with van der Waals surface area (Å²) >= 11 is 12.0. The summed E-state index contributed by atoms with van der Waals surface area (Å²) in [7, 11) is 0. The van der Waals surface area contributed by atoms with Crippen molar-refractivity contribution in [1.82, 2.24) is 10.2 Å². The normalized spacial score (nSPS) is 22.5. The Morgan fingerprint density at radius 1 is 1.21 bits per heavy atom. The third kappa shape index (κ3) is 8.83. The lowest BCUT2D eigenvalue weighted by molar-refractivity contribution is -0.162. The van der Waals surface area contributed by atoms with Gasteiger partial charge in [0.25, 0.3) is 5.91 Å². The predicted molar refractivity (Wildman–Crippen MR) is 117 cm³/mol. The van der Waals surface area contributed by atoms with Gasteiger partial charge in [-0.2, -0.15) is 0 Å². The summed E-state index contributed by atoms with van der Waals surface area (Å²) in [6.45, 7) is 11.1. The van der Waals surface area contributed by atoms with Crippen LogP contribution in [0.15, 0.2) is 23.3 Å². The van der Waals surface area contributed by atoms with E-state index in [4.69, 9.17) is 32.7 Å². The summed E-state index contributed by atoms with van der Waals surface area (Å²) in [5, 5.41) is 3.16. The zero-order chi connectivity index (χ0) is 21.1. The SMILES string of the molecule is CC(C)=CCC/C(C)=C/COC1CCO[C@H](C(=O)N(C(C)CCl)C(C)CCl)N1. The Morgan fingerprint density at radius 3 is 2.43 bits per heavy atom. The highest BCUT2D eigenvalue weighted by Crippen LogP contribution is 2.16. The Kier molecular flexibility index (Phi) is 12.4. The zero-order valence-electron chi connectivity index (χ0n) is 17.8. The van der Waals surface area contributed by atoms with Crippen molar-refractivity contribution in [2.75, 3.05) is 25.0 Å². The first-order valence-corrected chi connectivity index (χ1v) is 11.1. The zero-order valence-corrected chi connectivity index (χ0v) is 19.4. The molecule has 28 heavy (non-hydrogen) atoms. The number of alkyl halides is 2. The van der Waals surface area contributed by atoms with Crippen LogP contribution in [0, 0.1) is 0 Å². The Morgan fingerprint density at radius 2 is 1.86 bits per heavy atom. The molecule has 0 aromatic carbocycles. The number of halogens is 2. The second kappa shape index (κ2) is 13.6. The third-order valence-corrected chi connectivity index (χ3v) is 5.59. The Hall–Kier alpha value is -0.590. The molecule has 0 radical (unpaired) electrons. The van der Waals surface area contributed by atoms with Crippen LogP contribution in [0.5, 0.6) is 0 Å². The first kappa shape index (κ1) is 25.4. The summed E-state index contributed by atoms with van der Waals surface area (Å²) in [6, 6.07) is -0.248. The van der Waals surface area contributed by atoms with Crippen LogP contribution in [-0.4, -0.2) is 60.3 Å². The van der Waals surface area contributed by atoms with Crippen molar-refractivity contribution in [2.24, 2.45) is 0 Å². The first-order valence-electron chi connectivity index (χ1n) is 10.0. The van der Waals surface area contributed by atoms with Gasteiger partial charge in [-0.15, -0.1) is 23.2 Å². The van der Waals surface area contributed by atoms with E-state index in [1.807, 2.05) is 13.8 Å². The van der Waals surface area contributed by atoms with E-state index >= 15 is 0 Å². The quantitative estimate of drug-likeness (QED) is 0.385. The molecule has 1 saturated heterocycles. The van der Waals surface area contributed by atoms with E-state index in [0.717, 1.165) is 12.8 Å². The number of carbonyl (C=O) groups excluding carboxylic acids is 1. The van der Waals surface area contributed by atoms with Crippen LogP contribution in [0.1, 0.15) is 53.9 Å². The third-order valence-electron chi connectivity index (χ3n) is 4.70. The van der Waals surface area contributed by atoms with E-state index in [0.29, 0.717) is 31.4 Å². The molecule has 1 aliphatic heterocycles. The number of hydrogen-bond acceptors (Lipinski definition) is 4. The molecule has 0 spiro atoms. The maximum atomic E-state index is 12.9. The summed E-state index contributed by atoms with van der Waals surface area (Å²) < 4.78 is 11.6. The van der Waals surface area contributed by atoms with Crippen molar-refractivity contribution in [1.29, 1.82) is 0 Å². The second-order valence-corrected chi connectivity index (χ2v) is 8.27. The van der Waals surface area contributed by atoms with Gasteiger partial charge in [0.1, 0.15) is 6.23 Å². The van der Waals surface area contributed by atoms with Gasteiger partial charge in [0, 0.05) is 30.3 Å². The van der Waals surface area contributed by atoms with Crippen molar-refractivity contribution in [3.05, 3.63) is 23.3 Å². The molecule has 1 rings (SSSR count). The topological polar surface area (TPSA) is 50.8 Å². The monoisotopic (exact) mass is 434 g/mol. The van der Waals surface area contributed by atoms with Crippen molar-refractivity contribution in [2.45, 2.75) is 78.4 Å². The Labute approximate surface area is 180 Å². The van der Waals surface area contributed by atoms with Crippen LogP contribution >= 0.6 is 23.2 Å². The number of nitrogens with zero attached hydrogens (tertiary/aromatic N) is 1. The standard InChI is InChI=1S/C21H36Cl2N2O3/c1-15(2)7-6-8-16(3)9-11-27-19-10-12-28-20(24-19)21(26)25(17(4)13-22)18(5)14-23/h7,9,17-20,24H,6,8,10-14H2,1-5H3/b16-9+/t17?,18?,19?,20-/m1/s1. The van der Waals surface area contributed by atoms with Gasteiger partial charge < -0.3 is 14.4 Å². The van der Waals surface area contributed by atoms with Crippen molar-refractivity contribution < 1.29 is 14.3 Å². The molecule has 3 unspecified atom stereocenters. The van der Waals surface area contributed by atoms with Crippen molar-refractivity contribution >= 4 is 29.1 Å². The molecule has 1 fully saturated rings. The molecule has 0 aromatic rings. The van der Waals surface area contributed by atoms with Gasteiger partial charge in [0.2, 0.25) is 0 Å². The minimum absolute atomic E-state index is 0.124. The molecule has 4 atom stereocenters. The number of carbonyl (C=O) groups is 1. The fraction of sp³-hybridized carbons (Fsp3) is 0.762. The van der Waals surface area contributed by atoms with E-state index in [9.17, 15) is 4.79 Å². The molecule has 0 aliphatic carbocycles. The van der Waals surface area contributed by atoms with Gasteiger partial charge in [-0.3, -0.25) is 10.1 Å². The number of allylic oxidation sites excluding steroid dienone is 3. The van der Waals surface area contributed by atoms with Gasteiger partial charge >= 0.3 is 0 Å². The number of nitrogens with one attached hydrogen (secondary N) is 1. The van der Waals surface area contributed by atoms with Gasteiger partial charge in [-0.25, -0.2) is 0 Å². The molecule has 0 bridgehead atoms. The number of amides is 1. The highest BCUT2D eigenvalue weighted by molar-refractivity contribution is 6.19. The number of ether oxygens (including phenoxy) is 2. The van der Waals surface area contributed by atoms with E-state index in [1.54, 1.807) is 4.90 Å². The number of hydrogen-bond donors (Lipinski definition) is 1. The van der Waals surface area contributed by atoms with Gasteiger partial charge in [-0.05, 0) is 47.5 Å². The summed E-state index contributed by atoms with van der Waals surface area (Å²) in [5.41, 5.74) is 2.64. The van der Waals surface area contributed by atoms with Crippen LogP contribution in [0.3, 0.4) is 0 Å². The lowest BCUT2D eigenvalue weighted by atomic mass is 10.1. The molecule has 7 heteroatoms. The van der Waals surface area contributed by atoms with E-state index < -0.39 is 6.23 Å². The molecular formula is C21H36Cl2N2O3. The minimum atomic E-state index is -0.738. The molecule has 162 valence electrons. The van der Waals surface area contributed by atoms with Crippen molar-refractivity contribution in [3.8, 4) is 0 Å². The van der Waals surface area contributed by atoms with E-state index in [-0.39, 0.29) is 24.2 Å². The van der Waals surface area contributed by atoms with Crippen molar-refractivity contribution in [3.63, 3.8) is 0 Å². The molecular weight excluding hydrogens is 399 g/mol. The maximum absolute atomic E-state index is 12.9. The van der Waals surface area contributed by atoms with Crippen LogP contribution in [0.25, 0.3) is 0 Å². The Balaban J connectivity index is 2.56. The van der Waals surface area contributed by atoms with Gasteiger partial charge in [-0.1, -0.05) is 23.3 Å². The maximum Gasteiger partial charge on any atom is 0.267 e. The Bertz CT molecular complexity index is 526.